The van der Waals surface area contributed by atoms with Crippen LogP contribution >= 0.6 is 0 Å². The van der Waals surface area contributed by atoms with Gasteiger partial charge in [0.1, 0.15) is 57.5 Å². The van der Waals surface area contributed by atoms with Crippen molar-refractivity contribution in [2.24, 2.45) is 0 Å². The molecule has 3 heterocycles. The number of hydrogen-bond acceptors (Lipinski definition) is 13. The van der Waals surface area contributed by atoms with Crippen LogP contribution in [0, 0.1) is 0 Å². The molecule has 0 saturated carbocycles. The molecule has 1 aromatic heterocycles. The van der Waals surface area contributed by atoms with Gasteiger partial charge in [0.25, 0.3) is 29.5 Å². The SMILES string of the molecule is CCCCCCCCN1C(=O)c2cc(Oc3ccc(C(C)(C)C)cc3)c3c4c(Oc5ccc(C(C)(C)C)cc5)cc5c6c(cc(Oc7ccc(C(C)(C)C)cc7)c(c7c(Oc8ccc(C(C)(C)C)cc8)cc(c2c37)C1=O)c64)C(=O)N(c1ccc(NC(=O)c2ccc(-n3nc(-c4ccccc4O)nc3-c3ccccc3O)cc2)cc1)C5=O. The van der Waals surface area contributed by atoms with E-state index in [-0.39, 0.29) is 107 Å². The normalized spacial score (nSPS) is 13.2. The van der Waals surface area contributed by atoms with Gasteiger partial charge in [-0.2, -0.15) is 0 Å². The van der Waals surface area contributed by atoms with E-state index in [1.165, 1.54) is 9.58 Å². The summed E-state index contributed by atoms with van der Waals surface area (Å²) in [5.41, 5.74) is 6.07. The van der Waals surface area contributed by atoms with Crippen molar-refractivity contribution < 1.29 is 53.1 Å². The molecule has 584 valence electrons. The summed E-state index contributed by atoms with van der Waals surface area (Å²) in [6, 6.07) is 64.6. The first-order valence-corrected chi connectivity index (χ1v) is 39.7. The molecular weight excluding hydrogens is 1450 g/mol. The zero-order chi connectivity index (χ0) is 81.6. The number of benzene rings is 13. The maximum absolute atomic E-state index is 16.4. The third-order valence-corrected chi connectivity index (χ3v) is 22.2. The molecule has 3 N–H and O–H groups in total. The highest BCUT2D eigenvalue weighted by molar-refractivity contribution is 6.46. The molecule has 17 nitrogen and oxygen atoms in total. The number of nitrogens with one attached hydrogen (secondary N) is 1. The van der Waals surface area contributed by atoms with Crippen LogP contribution in [0.2, 0.25) is 0 Å². The van der Waals surface area contributed by atoms with Gasteiger partial charge in [0, 0.05) is 60.9 Å². The number of nitrogens with zero attached hydrogens (tertiary/aromatic N) is 5. The molecule has 0 bridgehead atoms. The summed E-state index contributed by atoms with van der Waals surface area (Å²) in [6.07, 6.45) is 5.58. The molecule has 0 aliphatic carbocycles. The number of rotatable bonds is 21. The lowest BCUT2D eigenvalue weighted by molar-refractivity contribution is 0.0606. The van der Waals surface area contributed by atoms with Crippen LogP contribution in [0.1, 0.15) is 203 Å². The molecule has 14 aromatic rings. The van der Waals surface area contributed by atoms with Crippen LogP contribution < -0.4 is 29.2 Å². The van der Waals surface area contributed by atoms with Gasteiger partial charge in [0.05, 0.1) is 44.8 Å². The fraction of sp³-hybridized carbons (Fsp3) is 0.242. The van der Waals surface area contributed by atoms with Crippen LogP contribution in [-0.2, 0) is 21.7 Å². The van der Waals surface area contributed by atoms with E-state index in [4.69, 9.17) is 29.0 Å². The lowest BCUT2D eigenvalue weighted by Gasteiger charge is -2.32. The van der Waals surface area contributed by atoms with Crippen molar-refractivity contribution in [2.75, 3.05) is 16.8 Å². The van der Waals surface area contributed by atoms with Crippen molar-refractivity contribution in [3.05, 3.63) is 268 Å². The van der Waals surface area contributed by atoms with E-state index in [1.807, 2.05) is 97.1 Å². The van der Waals surface area contributed by atoms with Gasteiger partial charge in [-0.1, -0.05) is 195 Å². The summed E-state index contributed by atoms with van der Waals surface area (Å²) in [5.74, 6) is 0.163. The smallest absolute Gasteiger partial charge is 0.266 e. The first-order chi connectivity index (χ1) is 55.4. The first-order valence-electron chi connectivity index (χ1n) is 39.7. The van der Waals surface area contributed by atoms with Crippen LogP contribution in [0.4, 0.5) is 11.4 Å². The number of aromatic nitrogens is 3. The largest absolute Gasteiger partial charge is 0.507 e. The highest BCUT2D eigenvalue weighted by Gasteiger charge is 2.43. The average Bonchev–Trinajstić information content (AvgIpc) is 0.757. The number of amides is 5. The number of para-hydroxylation sites is 2. The number of hydrogen-bond donors (Lipinski definition) is 3. The third kappa shape index (κ3) is 14.3. The summed E-state index contributed by atoms with van der Waals surface area (Å²) >= 11 is 0. The molecule has 2 aliphatic rings. The van der Waals surface area contributed by atoms with E-state index in [0.717, 1.165) is 59.3 Å². The van der Waals surface area contributed by atoms with Crippen LogP contribution in [-0.4, -0.2) is 66.0 Å². The van der Waals surface area contributed by atoms with E-state index >= 15 is 19.2 Å². The van der Waals surface area contributed by atoms with Crippen LogP contribution in [0.25, 0.3) is 71.6 Å². The Labute approximate surface area is 674 Å². The summed E-state index contributed by atoms with van der Waals surface area (Å²) in [4.78, 5) is 86.1. The molecule has 0 spiro atoms. The monoisotopic (exact) mass is 1540 g/mol. The number of imide groups is 2. The van der Waals surface area contributed by atoms with Crippen molar-refractivity contribution in [3.63, 3.8) is 0 Å². The lowest BCUT2D eigenvalue weighted by atomic mass is 9.80. The predicted octanol–water partition coefficient (Wildman–Crippen LogP) is 24.4. The van der Waals surface area contributed by atoms with E-state index in [2.05, 4.69) is 95.3 Å². The Hall–Kier alpha value is -13.2. The number of carbonyl (C=O) groups excluding carboxylic acids is 5. The summed E-state index contributed by atoms with van der Waals surface area (Å²) in [7, 11) is 0. The number of phenolic OH excluding ortho intramolecular Hbond substituents is 2. The van der Waals surface area contributed by atoms with Gasteiger partial charge in [0.15, 0.2) is 11.6 Å². The van der Waals surface area contributed by atoms with Crippen molar-refractivity contribution in [1.29, 1.82) is 0 Å². The Morgan fingerprint density at radius 2 is 0.733 bits per heavy atom. The van der Waals surface area contributed by atoms with Crippen LogP contribution in [0.15, 0.2) is 218 Å². The molecule has 0 atom stereocenters. The molecule has 116 heavy (non-hydrogen) atoms. The number of unbranched alkanes of at least 4 members (excludes halogenated alkanes) is 5. The highest BCUT2D eigenvalue weighted by Crippen LogP contribution is 2.59. The number of fused-ring (bicyclic) bond motifs is 2. The second kappa shape index (κ2) is 29.7. The van der Waals surface area contributed by atoms with Gasteiger partial charge >= 0.3 is 0 Å². The number of ether oxygens (including phenoxy) is 4. The zero-order valence-corrected chi connectivity index (χ0v) is 67.5. The minimum Gasteiger partial charge on any atom is -0.507 e. The van der Waals surface area contributed by atoms with Gasteiger partial charge in [-0.25, -0.2) is 14.6 Å². The van der Waals surface area contributed by atoms with E-state index < -0.39 is 29.5 Å². The van der Waals surface area contributed by atoms with Gasteiger partial charge in [0.2, 0.25) is 0 Å². The van der Waals surface area contributed by atoms with Crippen molar-refractivity contribution >= 4 is 84.0 Å². The molecule has 2 aliphatic heterocycles. The third-order valence-electron chi connectivity index (χ3n) is 22.2. The van der Waals surface area contributed by atoms with Crippen LogP contribution in [0.3, 0.4) is 0 Å². The summed E-state index contributed by atoms with van der Waals surface area (Å²) in [5, 5.41) is 32.5. The topological polar surface area (TPSA) is 212 Å². The molecule has 5 amide bonds. The molecule has 17 heteroatoms. The van der Waals surface area contributed by atoms with Crippen LogP contribution in [0.5, 0.6) is 57.5 Å². The zero-order valence-electron chi connectivity index (χ0n) is 67.5. The summed E-state index contributed by atoms with van der Waals surface area (Å²) in [6.45, 7) is 28.0. The number of phenols is 2. The molecule has 0 fully saturated rings. The quantitative estimate of drug-likeness (QED) is 0.0265. The Bertz CT molecular complexity index is 5990. The number of anilines is 2. The standard InChI is InChI=1S/C99H92N6O11/c1-14-15-16-17-18-23-52-103-92(109)71-53-77(113-65-44-30-58(31-45-65)96(2,3)4)83-85-79(115-67-48-34-60(35-49-67)98(8,9)10)55-73-82-74(56-80(116-68-50-36-61(37-51-68)99(11,12)13)86(88(82)85)84-78(54-72(93(103)110)81(71)87(83)84)114-66-46-32-59(33-47-66)97(5,6)7)95(112)104(94(73)111)63-42-38-62(39-43-63)100-91(108)57-28-40-64(41-29-57)105-90(70-25-20-22-27-76(70)107)101-89(102-105)69-24-19-21-26-75(69)106/h19-22,24-51,53-56,106-107H,14-18,23,52H2,1-13H3,(H,100,108). The maximum atomic E-state index is 16.4. The van der Waals surface area contributed by atoms with Gasteiger partial charge in [-0.05, 0) is 196 Å². The fourth-order valence-corrected chi connectivity index (χ4v) is 15.7. The summed E-state index contributed by atoms with van der Waals surface area (Å²) < 4.78 is 31.0. The highest BCUT2D eigenvalue weighted by atomic mass is 16.5. The molecular formula is C99H92N6O11. The molecule has 16 rings (SSSR count). The van der Waals surface area contributed by atoms with E-state index in [1.54, 1.807) is 121 Å². The fourth-order valence-electron chi connectivity index (χ4n) is 15.7. The molecule has 0 unspecified atom stereocenters. The number of aromatic hydroxyl groups is 2. The van der Waals surface area contributed by atoms with Crippen molar-refractivity contribution in [3.8, 4) is 86.0 Å². The van der Waals surface area contributed by atoms with Gasteiger partial charge in [-0.15, -0.1) is 5.10 Å². The predicted molar refractivity (Wildman–Crippen MR) is 458 cm³/mol. The molecule has 0 radical (unpaired) electrons. The van der Waals surface area contributed by atoms with Gasteiger partial charge in [-0.3, -0.25) is 28.9 Å². The Morgan fingerprint density at radius 3 is 1.11 bits per heavy atom. The van der Waals surface area contributed by atoms with Gasteiger partial charge < -0.3 is 34.5 Å². The molecule has 13 aromatic carbocycles. The maximum Gasteiger partial charge on any atom is 0.266 e. The van der Waals surface area contributed by atoms with Crippen molar-refractivity contribution in [1.82, 2.24) is 19.7 Å². The number of carbonyl (C=O) groups is 5. The van der Waals surface area contributed by atoms with Crippen molar-refractivity contribution in [2.45, 2.75) is 150 Å². The van der Waals surface area contributed by atoms with E-state index in [9.17, 15) is 15.0 Å². The second-order valence-electron chi connectivity index (χ2n) is 34.4. The Morgan fingerprint density at radius 1 is 0.379 bits per heavy atom. The molecule has 0 saturated heterocycles. The Kier molecular flexibility index (Phi) is 19.6. The average molecular weight is 1540 g/mol. The second-order valence-corrected chi connectivity index (χ2v) is 34.4. The lowest BCUT2D eigenvalue weighted by Crippen LogP contribution is -2.41. The Balaban J connectivity index is 0.897. The van der Waals surface area contributed by atoms with E-state index in [0.29, 0.717) is 95.4 Å². The first kappa shape index (κ1) is 76.8. The minimum atomic E-state index is -0.689. The minimum absolute atomic E-state index is 0.0237.